The summed E-state index contributed by atoms with van der Waals surface area (Å²) >= 11 is 0. The van der Waals surface area contributed by atoms with Gasteiger partial charge in [0.05, 0.1) is 6.42 Å². The maximum atomic E-state index is 11.2. The fourth-order valence-corrected chi connectivity index (χ4v) is 2.79. The smallest absolute Gasteiger partial charge is 0.352 e. The SMILES string of the molecule is Cl.O=C(O)C1=CCS(=O)C2CC(=O)N12. The van der Waals surface area contributed by atoms with Crippen molar-refractivity contribution >= 4 is 35.1 Å². The number of amides is 1. The second kappa shape index (κ2) is 3.70. The first-order valence-corrected chi connectivity index (χ1v) is 5.12. The molecule has 1 fully saturated rings. The Hall–Kier alpha value is -0.880. The maximum absolute atomic E-state index is 11.2. The van der Waals surface area contributed by atoms with Crippen LogP contribution in [0.1, 0.15) is 6.42 Å². The number of hydrogen-bond acceptors (Lipinski definition) is 3. The largest absolute Gasteiger partial charge is 0.477 e. The van der Waals surface area contributed by atoms with E-state index in [4.69, 9.17) is 5.11 Å². The van der Waals surface area contributed by atoms with Gasteiger partial charge in [-0.15, -0.1) is 12.4 Å². The van der Waals surface area contributed by atoms with Crippen LogP contribution in [-0.2, 0) is 20.4 Å². The van der Waals surface area contributed by atoms with Crippen molar-refractivity contribution in [2.75, 3.05) is 5.75 Å². The molecule has 2 atom stereocenters. The summed E-state index contributed by atoms with van der Waals surface area (Å²) in [5.41, 5.74) is -0.0270. The lowest BCUT2D eigenvalue weighted by molar-refractivity contribution is -0.146. The van der Waals surface area contributed by atoms with E-state index in [0.29, 0.717) is 0 Å². The van der Waals surface area contributed by atoms with Gasteiger partial charge in [0.25, 0.3) is 0 Å². The molecule has 2 aliphatic rings. The predicted octanol–water partition coefficient (Wildman–Crippen LogP) is -0.303. The van der Waals surface area contributed by atoms with Gasteiger partial charge < -0.3 is 5.11 Å². The van der Waals surface area contributed by atoms with E-state index in [9.17, 15) is 13.8 Å². The molecule has 0 aromatic rings. The van der Waals surface area contributed by atoms with Gasteiger partial charge in [-0.1, -0.05) is 0 Å². The molecule has 0 bridgehead atoms. The van der Waals surface area contributed by atoms with Crippen molar-refractivity contribution in [1.29, 1.82) is 0 Å². The topological polar surface area (TPSA) is 74.7 Å². The Morgan fingerprint density at radius 2 is 2.29 bits per heavy atom. The predicted molar refractivity (Wildman–Crippen MR) is 51.2 cm³/mol. The Kier molecular flexibility index (Phi) is 2.96. The zero-order valence-electron chi connectivity index (χ0n) is 7.00. The normalized spacial score (nSPS) is 29.6. The fraction of sp³-hybridized carbons (Fsp3) is 0.429. The molecule has 1 saturated heterocycles. The molecule has 1 N–H and O–H groups in total. The summed E-state index contributed by atoms with van der Waals surface area (Å²) in [6, 6.07) is 0. The maximum Gasteiger partial charge on any atom is 0.352 e. The number of carbonyl (C=O) groups excluding carboxylic acids is 1. The average Bonchev–Trinajstić information content (AvgIpc) is 2.05. The minimum Gasteiger partial charge on any atom is -0.477 e. The summed E-state index contributed by atoms with van der Waals surface area (Å²) in [6.07, 6.45) is 1.54. The monoisotopic (exact) mass is 237 g/mol. The highest BCUT2D eigenvalue weighted by atomic mass is 35.5. The van der Waals surface area contributed by atoms with Gasteiger partial charge in [0, 0.05) is 16.6 Å². The van der Waals surface area contributed by atoms with Crippen molar-refractivity contribution in [2.24, 2.45) is 0 Å². The second-order valence-corrected chi connectivity index (χ2v) is 4.50. The molecule has 2 rings (SSSR count). The summed E-state index contributed by atoms with van der Waals surface area (Å²) in [4.78, 5) is 22.8. The number of fused-ring (bicyclic) bond motifs is 1. The highest BCUT2D eigenvalue weighted by Gasteiger charge is 2.46. The first-order chi connectivity index (χ1) is 6.11. The van der Waals surface area contributed by atoms with Crippen LogP contribution in [0.25, 0.3) is 0 Å². The zero-order valence-corrected chi connectivity index (χ0v) is 8.64. The summed E-state index contributed by atoms with van der Waals surface area (Å²) in [5, 5.41) is 8.30. The van der Waals surface area contributed by atoms with Crippen LogP contribution < -0.4 is 0 Å². The Bertz CT molecular complexity index is 354. The lowest BCUT2D eigenvalue weighted by Gasteiger charge is -2.41. The van der Waals surface area contributed by atoms with Gasteiger partial charge >= 0.3 is 5.97 Å². The third kappa shape index (κ3) is 1.44. The Morgan fingerprint density at radius 3 is 2.79 bits per heavy atom. The molecule has 0 spiro atoms. The van der Waals surface area contributed by atoms with E-state index in [2.05, 4.69) is 0 Å². The Morgan fingerprint density at radius 1 is 1.64 bits per heavy atom. The molecule has 2 aliphatic heterocycles. The third-order valence-corrected chi connectivity index (χ3v) is 3.61. The molecule has 0 radical (unpaired) electrons. The number of aliphatic carboxylic acids is 1. The van der Waals surface area contributed by atoms with Crippen molar-refractivity contribution in [3.05, 3.63) is 11.8 Å². The molecule has 7 heteroatoms. The number of carboxylic acid groups (broad SMARTS) is 1. The molecule has 0 aliphatic carbocycles. The molecule has 2 heterocycles. The van der Waals surface area contributed by atoms with Gasteiger partial charge in [-0.25, -0.2) is 4.79 Å². The van der Waals surface area contributed by atoms with E-state index in [-0.39, 0.29) is 36.2 Å². The fourth-order valence-electron chi connectivity index (χ4n) is 1.45. The van der Waals surface area contributed by atoms with Gasteiger partial charge in [-0.2, -0.15) is 0 Å². The van der Waals surface area contributed by atoms with E-state index in [1.54, 1.807) is 0 Å². The lowest BCUT2D eigenvalue weighted by atomic mass is 10.1. The highest BCUT2D eigenvalue weighted by Crippen LogP contribution is 2.30. The van der Waals surface area contributed by atoms with Crippen LogP contribution in [0.2, 0.25) is 0 Å². The minimum absolute atomic E-state index is 0. The molecule has 0 saturated carbocycles. The van der Waals surface area contributed by atoms with Gasteiger partial charge in [-0.3, -0.25) is 13.9 Å². The molecule has 0 aromatic heterocycles. The van der Waals surface area contributed by atoms with Crippen molar-refractivity contribution < 1.29 is 18.9 Å². The van der Waals surface area contributed by atoms with Crippen LogP contribution in [0.5, 0.6) is 0 Å². The summed E-state index contributed by atoms with van der Waals surface area (Å²) < 4.78 is 11.2. The molecular formula is C7H8ClNO4S. The quantitative estimate of drug-likeness (QED) is 0.636. The van der Waals surface area contributed by atoms with Crippen LogP contribution in [-0.4, -0.2) is 37.2 Å². The number of hydrogen-bond donors (Lipinski definition) is 1. The van der Waals surface area contributed by atoms with Gasteiger partial charge in [0.2, 0.25) is 5.91 Å². The van der Waals surface area contributed by atoms with Crippen LogP contribution in [0.3, 0.4) is 0 Å². The van der Waals surface area contributed by atoms with E-state index in [1.165, 1.54) is 6.08 Å². The average molecular weight is 238 g/mol. The highest BCUT2D eigenvalue weighted by molar-refractivity contribution is 7.86. The summed E-state index contributed by atoms with van der Waals surface area (Å²) in [6.45, 7) is 0. The molecule has 2 unspecified atom stereocenters. The standard InChI is InChI=1S/C7H7NO4S.ClH/c9-5-3-6-8(5)4(7(10)11)1-2-13(6)12;/h1,6H,2-3H2,(H,10,11);1H. The minimum atomic E-state index is -1.13. The van der Waals surface area contributed by atoms with Crippen molar-refractivity contribution in [2.45, 2.75) is 11.8 Å². The molecule has 1 amide bonds. The van der Waals surface area contributed by atoms with Crippen LogP contribution in [0.4, 0.5) is 0 Å². The number of β-lactam (4-membered cyclic amide) rings is 1. The third-order valence-electron chi connectivity index (χ3n) is 2.13. The zero-order chi connectivity index (χ0) is 9.59. The number of carbonyl (C=O) groups is 2. The molecular weight excluding hydrogens is 230 g/mol. The Labute approximate surface area is 88.6 Å². The first kappa shape index (κ1) is 11.2. The first-order valence-electron chi connectivity index (χ1n) is 3.74. The second-order valence-electron chi connectivity index (χ2n) is 2.86. The van der Waals surface area contributed by atoms with E-state index in [1.807, 2.05) is 0 Å². The van der Waals surface area contributed by atoms with Crippen LogP contribution in [0.15, 0.2) is 11.8 Å². The molecule has 14 heavy (non-hydrogen) atoms. The number of carboxylic acids is 1. The van der Waals surface area contributed by atoms with Gasteiger partial charge in [0.15, 0.2) is 0 Å². The van der Waals surface area contributed by atoms with Gasteiger partial charge in [0.1, 0.15) is 11.1 Å². The lowest BCUT2D eigenvalue weighted by Crippen LogP contribution is -2.57. The van der Waals surface area contributed by atoms with Crippen LogP contribution >= 0.6 is 12.4 Å². The Balaban J connectivity index is 0.000000980. The number of rotatable bonds is 1. The molecule has 5 nitrogen and oxygen atoms in total. The van der Waals surface area contributed by atoms with E-state index < -0.39 is 22.1 Å². The van der Waals surface area contributed by atoms with Crippen molar-refractivity contribution in [3.8, 4) is 0 Å². The van der Waals surface area contributed by atoms with Crippen LogP contribution in [0, 0.1) is 0 Å². The number of halogens is 1. The van der Waals surface area contributed by atoms with Crippen molar-refractivity contribution in [3.63, 3.8) is 0 Å². The van der Waals surface area contributed by atoms with Gasteiger partial charge in [-0.05, 0) is 6.08 Å². The summed E-state index contributed by atoms with van der Waals surface area (Å²) in [5.74, 6) is -1.16. The molecule has 0 aromatic carbocycles. The molecule has 78 valence electrons. The van der Waals surface area contributed by atoms with Crippen molar-refractivity contribution in [1.82, 2.24) is 4.90 Å². The van der Waals surface area contributed by atoms with E-state index in [0.717, 1.165) is 4.90 Å². The van der Waals surface area contributed by atoms with E-state index >= 15 is 0 Å². The number of nitrogens with zero attached hydrogens (tertiary/aromatic N) is 1. The summed E-state index contributed by atoms with van der Waals surface area (Å²) in [7, 11) is -1.12.